The van der Waals surface area contributed by atoms with Gasteiger partial charge in [0.05, 0.1) is 17.3 Å². The van der Waals surface area contributed by atoms with Crippen molar-refractivity contribution in [3.8, 4) is 0 Å². The largest absolute Gasteiger partial charge is 0.416 e. The predicted molar refractivity (Wildman–Crippen MR) is 87.8 cm³/mol. The molecule has 2 aromatic carbocycles. The van der Waals surface area contributed by atoms with E-state index >= 15 is 0 Å². The van der Waals surface area contributed by atoms with Crippen LogP contribution in [0.3, 0.4) is 0 Å². The van der Waals surface area contributed by atoms with Gasteiger partial charge in [0.25, 0.3) is 0 Å². The van der Waals surface area contributed by atoms with E-state index in [-0.39, 0.29) is 0 Å². The fourth-order valence-corrected chi connectivity index (χ4v) is 3.05. The van der Waals surface area contributed by atoms with Crippen LogP contribution in [0, 0.1) is 0 Å². The minimum Gasteiger partial charge on any atom is -0.335 e. The molecule has 0 spiro atoms. The monoisotopic (exact) mass is 326 g/mol. The first-order valence-corrected chi connectivity index (χ1v) is 7.51. The maximum Gasteiger partial charge on any atom is 0.416 e. The molecule has 0 saturated heterocycles. The predicted octanol–water partition coefficient (Wildman–Crippen LogP) is 5.26. The van der Waals surface area contributed by atoms with E-state index in [1.807, 2.05) is 30.3 Å². The number of para-hydroxylation sites is 1. The Bertz CT molecular complexity index is 961. The van der Waals surface area contributed by atoms with E-state index in [0.29, 0.717) is 6.54 Å². The van der Waals surface area contributed by atoms with E-state index < -0.39 is 11.7 Å². The van der Waals surface area contributed by atoms with Crippen molar-refractivity contribution in [3.05, 3.63) is 78.1 Å². The van der Waals surface area contributed by atoms with Gasteiger partial charge in [-0.1, -0.05) is 30.3 Å². The van der Waals surface area contributed by atoms with Crippen molar-refractivity contribution in [1.29, 1.82) is 0 Å². The molecular formula is C19H13F3N2. The van der Waals surface area contributed by atoms with Crippen LogP contribution in [-0.2, 0) is 12.7 Å². The first-order valence-electron chi connectivity index (χ1n) is 7.51. The molecule has 0 saturated carbocycles. The van der Waals surface area contributed by atoms with E-state index in [1.54, 1.807) is 12.4 Å². The third-order valence-corrected chi connectivity index (χ3v) is 4.20. The van der Waals surface area contributed by atoms with E-state index in [0.717, 1.165) is 39.5 Å². The minimum absolute atomic E-state index is 0.494. The molecule has 0 unspecified atom stereocenters. The lowest BCUT2D eigenvalue weighted by atomic mass is 10.1. The molecule has 0 aliphatic rings. The van der Waals surface area contributed by atoms with Gasteiger partial charge in [-0.05, 0) is 29.8 Å². The van der Waals surface area contributed by atoms with Crippen molar-refractivity contribution in [3.63, 3.8) is 0 Å². The SMILES string of the molecule is FC(F)(F)c1ccc(Cn2c3ccccc3c3ccncc32)cc1. The maximum atomic E-state index is 12.7. The lowest BCUT2D eigenvalue weighted by Gasteiger charge is -2.10. The molecule has 2 aromatic heterocycles. The van der Waals surface area contributed by atoms with E-state index in [1.165, 1.54) is 12.1 Å². The number of fused-ring (bicyclic) bond motifs is 3. The summed E-state index contributed by atoms with van der Waals surface area (Å²) in [6.07, 6.45) is -0.772. The van der Waals surface area contributed by atoms with Crippen LogP contribution in [0.2, 0.25) is 0 Å². The molecule has 0 aliphatic heterocycles. The Hall–Kier alpha value is -2.82. The summed E-state index contributed by atoms with van der Waals surface area (Å²) in [7, 11) is 0. The molecule has 2 nitrogen and oxygen atoms in total. The molecule has 120 valence electrons. The zero-order chi connectivity index (χ0) is 16.7. The fourth-order valence-electron chi connectivity index (χ4n) is 3.05. The van der Waals surface area contributed by atoms with Gasteiger partial charge in [-0.15, -0.1) is 0 Å². The molecule has 4 rings (SSSR count). The molecule has 4 aromatic rings. The molecule has 0 aliphatic carbocycles. The van der Waals surface area contributed by atoms with Crippen LogP contribution < -0.4 is 0 Å². The Kier molecular flexibility index (Phi) is 3.30. The number of aromatic nitrogens is 2. The second kappa shape index (κ2) is 5.37. The number of halogens is 3. The van der Waals surface area contributed by atoms with Gasteiger partial charge < -0.3 is 4.57 Å². The van der Waals surface area contributed by atoms with Crippen LogP contribution in [0.4, 0.5) is 13.2 Å². The third-order valence-electron chi connectivity index (χ3n) is 4.20. The van der Waals surface area contributed by atoms with Crippen molar-refractivity contribution in [2.75, 3.05) is 0 Å². The number of hydrogen-bond donors (Lipinski definition) is 0. The molecule has 0 N–H and O–H groups in total. The fraction of sp³-hybridized carbons (Fsp3) is 0.105. The highest BCUT2D eigenvalue weighted by Crippen LogP contribution is 2.31. The van der Waals surface area contributed by atoms with Crippen LogP contribution in [0.1, 0.15) is 11.1 Å². The topological polar surface area (TPSA) is 17.8 Å². The quantitative estimate of drug-likeness (QED) is 0.491. The summed E-state index contributed by atoms with van der Waals surface area (Å²) in [5, 5.41) is 2.20. The number of hydrogen-bond acceptors (Lipinski definition) is 1. The van der Waals surface area contributed by atoms with Crippen molar-refractivity contribution >= 4 is 21.8 Å². The summed E-state index contributed by atoms with van der Waals surface area (Å²) in [5.41, 5.74) is 2.20. The average Bonchev–Trinajstić information content (AvgIpc) is 2.89. The van der Waals surface area contributed by atoms with Crippen molar-refractivity contribution < 1.29 is 13.2 Å². The van der Waals surface area contributed by atoms with E-state index in [9.17, 15) is 13.2 Å². The minimum atomic E-state index is -4.31. The number of nitrogens with zero attached hydrogens (tertiary/aromatic N) is 2. The molecule has 0 radical (unpaired) electrons. The van der Waals surface area contributed by atoms with Gasteiger partial charge in [0, 0.05) is 29.0 Å². The summed E-state index contributed by atoms with van der Waals surface area (Å²) in [6, 6.07) is 15.3. The highest BCUT2D eigenvalue weighted by atomic mass is 19.4. The van der Waals surface area contributed by atoms with Crippen molar-refractivity contribution in [1.82, 2.24) is 9.55 Å². The summed E-state index contributed by atoms with van der Waals surface area (Å²) in [4.78, 5) is 4.19. The second-order valence-corrected chi connectivity index (χ2v) is 5.69. The molecular weight excluding hydrogens is 313 g/mol. The number of benzene rings is 2. The van der Waals surface area contributed by atoms with Crippen LogP contribution in [0.5, 0.6) is 0 Å². The van der Waals surface area contributed by atoms with Gasteiger partial charge in [0.1, 0.15) is 0 Å². The molecule has 2 heterocycles. The zero-order valence-corrected chi connectivity index (χ0v) is 12.6. The summed E-state index contributed by atoms with van der Waals surface area (Å²) >= 11 is 0. The molecule has 5 heteroatoms. The molecule has 0 atom stereocenters. The molecule has 0 amide bonds. The van der Waals surface area contributed by atoms with Gasteiger partial charge in [-0.3, -0.25) is 4.98 Å². The highest BCUT2D eigenvalue weighted by molar-refractivity contribution is 6.07. The van der Waals surface area contributed by atoms with Crippen LogP contribution in [0.15, 0.2) is 67.0 Å². The summed E-state index contributed by atoms with van der Waals surface area (Å²) < 4.78 is 40.2. The average molecular weight is 326 g/mol. The molecule has 0 bridgehead atoms. The lowest BCUT2D eigenvalue weighted by Crippen LogP contribution is -2.05. The van der Waals surface area contributed by atoms with Crippen LogP contribution >= 0.6 is 0 Å². The first kappa shape index (κ1) is 14.8. The smallest absolute Gasteiger partial charge is 0.335 e. The second-order valence-electron chi connectivity index (χ2n) is 5.69. The zero-order valence-electron chi connectivity index (χ0n) is 12.6. The highest BCUT2D eigenvalue weighted by Gasteiger charge is 2.29. The van der Waals surface area contributed by atoms with E-state index in [2.05, 4.69) is 9.55 Å². The number of rotatable bonds is 2. The van der Waals surface area contributed by atoms with Gasteiger partial charge in [-0.2, -0.15) is 13.2 Å². The standard InChI is InChI=1S/C19H13F3N2/c20-19(21,22)14-7-5-13(6-8-14)12-24-17-4-2-1-3-15(17)16-9-10-23-11-18(16)24/h1-11H,12H2. The van der Waals surface area contributed by atoms with Crippen molar-refractivity contribution in [2.45, 2.75) is 12.7 Å². The Balaban J connectivity index is 1.81. The maximum absolute atomic E-state index is 12.7. The molecule has 0 fully saturated rings. The first-order chi connectivity index (χ1) is 11.5. The Morgan fingerprint density at radius 1 is 0.833 bits per heavy atom. The number of pyridine rings is 1. The summed E-state index contributed by atoms with van der Waals surface area (Å²) in [5.74, 6) is 0. The van der Waals surface area contributed by atoms with Gasteiger partial charge in [-0.25, -0.2) is 0 Å². The normalized spacial score (nSPS) is 12.1. The Labute approximate surface area is 136 Å². The molecule has 24 heavy (non-hydrogen) atoms. The van der Waals surface area contributed by atoms with Gasteiger partial charge in [0.15, 0.2) is 0 Å². The summed E-state index contributed by atoms with van der Waals surface area (Å²) in [6.45, 7) is 0.494. The van der Waals surface area contributed by atoms with Crippen LogP contribution in [-0.4, -0.2) is 9.55 Å². The number of alkyl halides is 3. The third kappa shape index (κ3) is 2.42. The van der Waals surface area contributed by atoms with Crippen LogP contribution in [0.25, 0.3) is 21.8 Å². The van der Waals surface area contributed by atoms with Crippen molar-refractivity contribution in [2.24, 2.45) is 0 Å². The Morgan fingerprint density at radius 3 is 2.29 bits per heavy atom. The van der Waals surface area contributed by atoms with E-state index in [4.69, 9.17) is 0 Å². The lowest BCUT2D eigenvalue weighted by molar-refractivity contribution is -0.137. The Morgan fingerprint density at radius 2 is 1.54 bits per heavy atom. The van der Waals surface area contributed by atoms with Gasteiger partial charge >= 0.3 is 6.18 Å². The van der Waals surface area contributed by atoms with Gasteiger partial charge in [0.2, 0.25) is 0 Å².